The molecule has 0 spiro atoms. The number of fused-ring (bicyclic) bond motifs is 2. The van der Waals surface area contributed by atoms with Crippen molar-refractivity contribution in [2.75, 3.05) is 31.2 Å². The smallest absolute Gasteiger partial charge is 0.228 e. The molecule has 8 heteroatoms. The predicted octanol–water partition coefficient (Wildman–Crippen LogP) is 2.79. The lowest BCUT2D eigenvalue weighted by atomic mass is 10.0. The second-order valence-electron chi connectivity index (χ2n) is 7.00. The minimum atomic E-state index is -0.119. The summed E-state index contributed by atoms with van der Waals surface area (Å²) in [6, 6.07) is 9.48. The second-order valence-corrected chi connectivity index (χ2v) is 7.00. The molecule has 0 bridgehead atoms. The molecule has 1 saturated heterocycles. The molecule has 0 unspecified atom stereocenters. The van der Waals surface area contributed by atoms with Crippen molar-refractivity contribution in [3.63, 3.8) is 0 Å². The zero-order chi connectivity index (χ0) is 20.0. The fourth-order valence-corrected chi connectivity index (χ4v) is 3.68. The Labute approximate surface area is 166 Å². The molecule has 2 aliphatic heterocycles. The first-order valence-electron chi connectivity index (χ1n) is 9.35. The van der Waals surface area contributed by atoms with Gasteiger partial charge in [0.15, 0.2) is 5.82 Å². The van der Waals surface area contributed by atoms with Gasteiger partial charge in [0.1, 0.15) is 34.4 Å². The van der Waals surface area contributed by atoms with E-state index >= 15 is 0 Å². The van der Waals surface area contributed by atoms with Crippen LogP contribution in [0.4, 0.5) is 5.82 Å². The number of nitrogens with zero attached hydrogens (tertiary/aromatic N) is 3. The molecular weight excluding hydrogens is 374 g/mol. The van der Waals surface area contributed by atoms with E-state index in [0.717, 1.165) is 11.1 Å². The molecule has 148 valence electrons. The van der Waals surface area contributed by atoms with Crippen molar-refractivity contribution in [2.24, 2.45) is 0 Å². The minimum absolute atomic E-state index is 0.105. The van der Waals surface area contributed by atoms with Gasteiger partial charge in [-0.05, 0) is 23.8 Å². The number of aromatic hydroxyl groups is 3. The average molecular weight is 393 g/mol. The standard InChI is InChI=1S/C21H19N3O5/c25-13-5-4-12-10-14-20(24-6-8-28-9-7-24)22-19(23-21(14)29-17(12)11-13)18-15(26)2-1-3-16(18)27/h1-5,11,25-27H,6-10H2. The van der Waals surface area contributed by atoms with Crippen LogP contribution in [0, 0.1) is 0 Å². The van der Waals surface area contributed by atoms with E-state index in [1.807, 2.05) is 6.07 Å². The summed E-state index contributed by atoms with van der Waals surface area (Å²) in [5, 5.41) is 30.4. The molecule has 0 aliphatic carbocycles. The fourth-order valence-electron chi connectivity index (χ4n) is 3.68. The van der Waals surface area contributed by atoms with Crippen molar-refractivity contribution in [1.29, 1.82) is 0 Å². The van der Waals surface area contributed by atoms with Gasteiger partial charge in [-0.25, -0.2) is 4.98 Å². The highest BCUT2D eigenvalue weighted by atomic mass is 16.5. The third-order valence-corrected chi connectivity index (χ3v) is 5.13. The van der Waals surface area contributed by atoms with Gasteiger partial charge in [-0.3, -0.25) is 0 Å². The third-order valence-electron chi connectivity index (χ3n) is 5.13. The van der Waals surface area contributed by atoms with Crippen LogP contribution in [-0.4, -0.2) is 51.6 Å². The summed E-state index contributed by atoms with van der Waals surface area (Å²) in [6.07, 6.45) is 0.546. The molecule has 2 aromatic carbocycles. The van der Waals surface area contributed by atoms with Crippen LogP contribution in [0.25, 0.3) is 11.4 Å². The summed E-state index contributed by atoms with van der Waals surface area (Å²) in [7, 11) is 0. The predicted molar refractivity (Wildman–Crippen MR) is 105 cm³/mol. The lowest BCUT2D eigenvalue weighted by molar-refractivity contribution is 0.122. The van der Waals surface area contributed by atoms with Crippen molar-refractivity contribution in [3.8, 4) is 40.3 Å². The molecule has 1 aromatic heterocycles. The van der Waals surface area contributed by atoms with Gasteiger partial charge in [0.2, 0.25) is 5.88 Å². The fraction of sp³-hybridized carbons (Fsp3) is 0.238. The number of aromatic nitrogens is 2. The molecular formula is C21H19N3O5. The van der Waals surface area contributed by atoms with Gasteiger partial charge in [-0.15, -0.1) is 0 Å². The van der Waals surface area contributed by atoms with Gasteiger partial charge < -0.3 is 29.7 Å². The molecule has 3 heterocycles. The highest BCUT2D eigenvalue weighted by molar-refractivity contribution is 5.74. The third kappa shape index (κ3) is 3.07. The molecule has 0 radical (unpaired) electrons. The number of benzene rings is 2. The van der Waals surface area contributed by atoms with E-state index in [-0.39, 0.29) is 28.6 Å². The Kier molecular flexibility index (Phi) is 4.13. The van der Waals surface area contributed by atoms with Crippen molar-refractivity contribution in [1.82, 2.24) is 9.97 Å². The number of anilines is 1. The van der Waals surface area contributed by atoms with E-state index in [1.165, 1.54) is 12.1 Å². The van der Waals surface area contributed by atoms with Gasteiger partial charge in [0.05, 0.1) is 18.8 Å². The second kappa shape index (κ2) is 6.82. The van der Waals surface area contributed by atoms with E-state index in [1.54, 1.807) is 18.2 Å². The molecule has 5 rings (SSSR count). The lowest BCUT2D eigenvalue weighted by Crippen LogP contribution is -2.37. The normalized spacial score (nSPS) is 15.4. The zero-order valence-corrected chi connectivity index (χ0v) is 15.5. The zero-order valence-electron chi connectivity index (χ0n) is 15.5. The van der Waals surface area contributed by atoms with E-state index in [0.29, 0.717) is 50.2 Å². The Morgan fingerprint density at radius 3 is 2.45 bits per heavy atom. The Morgan fingerprint density at radius 1 is 0.931 bits per heavy atom. The topological polar surface area (TPSA) is 108 Å². The Hall–Kier alpha value is -3.52. The Morgan fingerprint density at radius 2 is 1.69 bits per heavy atom. The number of hydrogen-bond acceptors (Lipinski definition) is 8. The van der Waals surface area contributed by atoms with Crippen molar-refractivity contribution in [2.45, 2.75) is 6.42 Å². The van der Waals surface area contributed by atoms with E-state index in [2.05, 4.69) is 9.88 Å². The molecule has 1 fully saturated rings. The highest BCUT2D eigenvalue weighted by Crippen LogP contribution is 2.43. The monoisotopic (exact) mass is 393 g/mol. The summed E-state index contributed by atoms with van der Waals surface area (Å²) < 4.78 is 11.5. The quantitative estimate of drug-likeness (QED) is 0.477. The Bertz CT molecular complexity index is 1080. The van der Waals surface area contributed by atoms with Gasteiger partial charge in [-0.1, -0.05) is 12.1 Å². The Balaban J connectivity index is 1.68. The number of hydrogen-bond donors (Lipinski definition) is 3. The molecule has 2 aliphatic rings. The molecule has 29 heavy (non-hydrogen) atoms. The largest absolute Gasteiger partial charge is 0.508 e. The lowest BCUT2D eigenvalue weighted by Gasteiger charge is -2.31. The number of ether oxygens (including phenoxy) is 2. The van der Waals surface area contributed by atoms with Crippen LogP contribution < -0.4 is 9.64 Å². The SMILES string of the molecule is Oc1ccc2c(c1)Oc1nc(-c3c(O)cccc3O)nc(N3CCOCC3)c1C2. The summed E-state index contributed by atoms with van der Waals surface area (Å²) in [6.45, 7) is 2.50. The first kappa shape index (κ1) is 17.6. The van der Waals surface area contributed by atoms with E-state index in [9.17, 15) is 15.3 Å². The summed E-state index contributed by atoms with van der Waals surface area (Å²) in [5.74, 6) is 1.60. The molecule has 3 aromatic rings. The van der Waals surface area contributed by atoms with E-state index in [4.69, 9.17) is 14.5 Å². The maximum absolute atomic E-state index is 10.3. The van der Waals surface area contributed by atoms with Crippen LogP contribution in [0.1, 0.15) is 11.1 Å². The molecule has 3 N–H and O–H groups in total. The summed E-state index contributed by atoms with van der Waals surface area (Å²) in [4.78, 5) is 11.3. The maximum Gasteiger partial charge on any atom is 0.228 e. The number of morpholine rings is 1. The summed E-state index contributed by atoms with van der Waals surface area (Å²) in [5.41, 5.74) is 1.89. The number of rotatable bonds is 2. The van der Waals surface area contributed by atoms with E-state index < -0.39 is 0 Å². The molecule has 0 amide bonds. The van der Waals surface area contributed by atoms with Crippen molar-refractivity contribution in [3.05, 3.63) is 47.5 Å². The van der Waals surface area contributed by atoms with Crippen molar-refractivity contribution < 1.29 is 24.8 Å². The number of phenolic OH excluding ortho intramolecular Hbond substituents is 3. The molecule has 8 nitrogen and oxygen atoms in total. The highest BCUT2D eigenvalue weighted by Gasteiger charge is 2.28. The van der Waals surface area contributed by atoms with Crippen LogP contribution in [-0.2, 0) is 11.2 Å². The van der Waals surface area contributed by atoms with Crippen molar-refractivity contribution >= 4 is 5.82 Å². The van der Waals surface area contributed by atoms with Gasteiger partial charge in [0, 0.05) is 25.6 Å². The number of phenols is 3. The van der Waals surface area contributed by atoms with Crippen LogP contribution in [0.3, 0.4) is 0 Å². The minimum Gasteiger partial charge on any atom is -0.508 e. The first-order chi connectivity index (χ1) is 14.1. The van der Waals surface area contributed by atoms with Crippen LogP contribution in [0.2, 0.25) is 0 Å². The van der Waals surface area contributed by atoms with Crippen LogP contribution in [0.15, 0.2) is 36.4 Å². The van der Waals surface area contributed by atoms with Crippen LogP contribution in [0.5, 0.6) is 28.9 Å². The summed E-state index contributed by atoms with van der Waals surface area (Å²) >= 11 is 0. The first-order valence-corrected chi connectivity index (χ1v) is 9.35. The molecule has 0 saturated carbocycles. The van der Waals surface area contributed by atoms with Gasteiger partial charge in [0.25, 0.3) is 0 Å². The molecule has 0 atom stereocenters. The van der Waals surface area contributed by atoms with Gasteiger partial charge >= 0.3 is 0 Å². The average Bonchev–Trinajstić information content (AvgIpc) is 2.72. The van der Waals surface area contributed by atoms with Crippen LogP contribution >= 0.6 is 0 Å². The maximum atomic E-state index is 10.3. The van der Waals surface area contributed by atoms with Gasteiger partial charge in [-0.2, -0.15) is 4.98 Å².